The molecule has 122 valence electrons. The zero-order chi connectivity index (χ0) is 17.1. The summed E-state index contributed by atoms with van der Waals surface area (Å²) in [5, 5.41) is 19.5. The molecule has 0 spiro atoms. The summed E-state index contributed by atoms with van der Waals surface area (Å²) in [5.41, 5.74) is 0.620. The number of nitriles is 1. The number of anilines is 2. The van der Waals surface area contributed by atoms with Crippen molar-refractivity contribution in [2.45, 2.75) is 0 Å². The molecule has 7 nitrogen and oxygen atoms in total. The van der Waals surface area contributed by atoms with Crippen LogP contribution in [-0.4, -0.2) is 36.1 Å². The number of hydrogen-bond donors (Lipinski definition) is 0. The van der Waals surface area contributed by atoms with Gasteiger partial charge in [0.25, 0.3) is 5.69 Å². The lowest BCUT2D eigenvalue weighted by Crippen LogP contribution is -2.47. The number of pyridine rings is 1. The molecule has 0 N–H and O–H groups in total. The monoisotopic (exact) mass is 327 g/mol. The molecule has 1 aromatic carbocycles. The van der Waals surface area contributed by atoms with Gasteiger partial charge in [-0.2, -0.15) is 5.26 Å². The Labute approximate surface area is 137 Å². The van der Waals surface area contributed by atoms with Crippen LogP contribution in [0.15, 0.2) is 36.5 Å². The third-order valence-electron chi connectivity index (χ3n) is 3.96. The van der Waals surface area contributed by atoms with Gasteiger partial charge in [0, 0.05) is 38.4 Å². The highest BCUT2D eigenvalue weighted by atomic mass is 19.1. The van der Waals surface area contributed by atoms with Gasteiger partial charge in [-0.1, -0.05) is 0 Å². The highest BCUT2D eigenvalue weighted by Gasteiger charge is 2.21. The van der Waals surface area contributed by atoms with Crippen molar-refractivity contribution in [1.29, 1.82) is 5.26 Å². The number of hydrogen-bond acceptors (Lipinski definition) is 6. The molecular formula is C16H14FN5O2. The highest BCUT2D eigenvalue weighted by Crippen LogP contribution is 2.25. The first-order valence-electron chi connectivity index (χ1n) is 7.38. The molecule has 0 unspecified atom stereocenters. The number of piperazine rings is 1. The average molecular weight is 327 g/mol. The van der Waals surface area contributed by atoms with E-state index in [0.717, 1.165) is 11.9 Å². The second kappa shape index (κ2) is 6.50. The lowest BCUT2D eigenvalue weighted by atomic mass is 10.2. The van der Waals surface area contributed by atoms with E-state index in [2.05, 4.69) is 9.88 Å². The number of halogens is 1. The standard InChI is InChI=1S/C16H14FN5O2/c17-14-9-13(22(23)24)2-3-15(14)20-5-7-21(8-6-20)16-4-1-12(10-18)11-19-16/h1-4,9,11H,5-8H2. The second-order valence-electron chi connectivity index (χ2n) is 5.38. The molecule has 0 aliphatic carbocycles. The van der Waals surface area contributed by atoms with Gasteiger partial charge in [-0.25, -0.2) is 9.37 Å². The van der Waals surface area contributed by atoms with E-state index >= 15 is 0 Å². The third-order valence-corrected chi connectivity index (χ3v) is 3.96. The molecule has 0 amide bonds. The molecule has 0 saturated carbocycles. The van der Waals surface area contributed by atoms with Gasteiger partial charge in [-0.05, 0) is 18.2 Å². The number of nitrogens with zero attached hydrogens (tertiary/aromatic N) is 5. The zero-order valence-corrected chi connectivity index (χ0v) is 12.7. The van der Waals surface area contributed by atoms with E-state index in [1.807, 2.05) is 11.0 Å². The van der Waals surface area contributed by atoms with Gasteiger partial charge in [0.05, 0.1) is 22.2 Å². The van der Waals surface area contributed by atoms with Gasteiger partial charge in [-0.3, -0.25) is 10.1 Å². The normalized spacial score (nSPS) is 14.3. The summed E-state index contributed by atoms with van der Waals surface area (Å²) in [6, 6.07) is 9.24. The molecule has 1 aliphatic rings. The van der Waals surface area contributed by atoms with Crippen LogP contribution >= 0.6 is 0 Å². The summed E-state index contributed by atoms with van der Waals surface area (Å²) < 4.78 is 14.1. The first-order valence-corrected chi connectivity index (χ1v) is 7.38. The molecule has 3 rings (SSSR count). The summed E-state index contributed by atoms with van der Waals surface area (Å²) in [4.78, 5) is 18.2. The fourth-order valence-corrected chi connectivity index (χ4v) is 2.68. The van der Waals surface area contributed by atoms with Crippen LogP contribution in [0.2, 0.25) is 0 Å². The minimum Gasteiger partial charge on any atom is -0.366 e. The molecule has 2 aromatic rings. The van der Waals surface area contributed by atoms with Crippen LogP contribution in [0, 0.1) is 27.3 Å². The number of non-ortho nitro benzene ring substituents is 1. The van der Waals surface area contributed by atoms with Crippen LogP contribution in [-0.2, 0) is 0 Å². The molecule has 1 aliphatic heterocycles. The molecular weight excluding hydrogens is 313 g/mol. The van der Waals surface area contributed by atoms with Crippen molar-refractivity contribution in [1.82, 2.24) is 4.98 Å². The molecule has 8 heteroatoms. The molecule has 1 fully saturated rings. The fourth-order valence-electron chi connectivity index (χ4n) is 2.68. The van der Waals surface area contributed by atoms with Gasteiger partial charge in [0.1, 0.15) is 11.9 Å². The smallest absolute Gasteiger partial charge is 0.272 e. The maximum atomic E-state index is 14.1. The Morgan fingerprint density at radius 3 is 2.42 bits per heavy atom. The maximum absolute atomic E-state index is 14.1. The lowest BCUT2D eigenvalue weighted by molar-refractivity contribution is -0.385. The Hall–Kier alpha value is -3.21. The Kier molecular flexibility index (Phi) is 4.24. The van der Waals surface area contributed by atoms with Crippen molar-refractivity contribution < 1.29 is 9.31 Å². The average Bonchev–Trinajstić information content (AvgIpc) is 2.62. The summed E-state index contributed by atoms with van der Waals surface area (Å²) in [7, 11) is 0. The highest BCUT2D eigenvalue weighted by molar-refractivity contribution is 5.54. The van der Waals surface area contributed by atoms with Crippen molar-refractivity contribution in [2.75, 3.05) is 36.0 Å². The zero-order valence-electron chi connectivity index (χ0n) is 12.7. The Bertz CT molecular complexity index is 795. The molecule has 1 aromatic heterocycles. The number of nitro benzene ring substituents is 1. The fraction of sp³-hybridized carbons (Fsp3) is 0.250. The molecule has 24 heavy (non-hydrogen) atoms. The van der Waals surface area contributed by atoms with Crippen LogP contribution in [0.25, 0.3) is 0 Å². The minimum absolute atomic E-state index is 0.253. The van der Waals surface area contributed by atoms with Crippen LogP contribution in [0.4, 0.5) is 21.6 Å². The predicted octanol–water partition coefficient (Wildman–Crippen LogP) is 2.33. The molecule has 0 radical (unpaired) electrons. The largest absolute Gasteiger partial charge is 0.366 e. The maximum Gasteiger partial charge on any atom is 0.272 e. The van der Waals surface area contributed by atoms with Gasteiger partial charge >= 0.3 is 0 Å². The summed E-state index contributed by atoms with van der Waals surface area (Å²) >= 11 is 0. The third kappa shape index (κ3) is 3.10. The Morgan fingerprint density at radius 1 is 1.17 bits per heavy atom. The first-order chi connectivity index (χ1) is 11.6. The minimum atomic E-state index is -0.610. The quantitative estimate of drug-likeness (QED) is 0.635. The van der Waals surface area contributed by atoms with Crippen LogP contribution in [0.1, 0.15) is 5.56 Å². The van der Waals surface area contributed by atoms with Crippen LogP contribution in [0.5, 0.6) is 0 Å². The lowest BCUT2D eigenvalue weighted by Gasteiger charge is -2.36. The number of benzene rings is 1. The van der Waals surface area contributed by atoms with Gasteiger partial charge < -0.3 is 9.80 Å². The molecule has 0 bridgehead atoms. The van der Waals surface area contributed by atoms with E-state index < -0.39 is 10.7 Å². The van der Waals surface area contributed by atoms with E-state index in [0.29, 0.717) is 37.4 Å². The van der Waals surface area contributed by atoms with Gasteiger partial charge in [0.2, 0.25) is 0 Å². The predicted molar refractivity (Wildman–Crippen MR) is 86.4 cm³/mol. The second-order valence-corrected chi connectivity index (χ2v) is 5.38. The van der Waals surface area contributed by atoms with E-state index in [1.54, 1.807) is 12.1 Å². The van der Waals surface area contributed by atoms with Crippen molar-refractivity contribution in [3.63, 3.8) is 0 Å². The summed E-state index contributed by atoms with van der Waals surface area (Å²) in [6.45, 7) is 2.46. The topological polar surface area (TPSA) is 86.3 Å². The molecule has 1 saturated heterocycles. The van der Waals surface area contributed by atoms with Crippen molar-refractivity contribution in [3.8, 4) is 6.07 Å². The van der Waals surface area contributed by atoms with Gasteiger partial charge in [-0.15, -0.1) is 0 Å². The number of aromatic nitrogens is 1. The van der Waals surface area contributed by atoms with Crippen molar-refractivity contribution in [2.24, 2.45) is 0 Å². The van der Waals surface area contributed by atoms with E-state index in [1.165, 1.54) is 18.3 Å². The van der Waals surface area contributed by atoms with Crippen LogP contribution in [0.3, 0.4) is 0 Å². The van der Waals surface area contributed by atoms with E-state index in [9.17, 15) is 14.5 Å². The van der Waals surface area contributed by atoms with Crippen molar-refractivity contribution in [3.05, 3.63) is 58.0 Å². The SMILES string of the molecule is N#Cc1ccc(N2CCN(c3ccc([N+](=O)[O-])cc3F)CC2)nc1. The van der Waals surface area contributed by atoms with Crippen LogP contribution < -0.4 is 9.80 Å². The molecule has 0 atom stereocenters. The number of nitro groups is 1. The van der Waals surface area contributed by atoms with E-state index in [4.69, 9.17) is 5.26 Å². The molecule has 2 heterocycles. The first kappa shape index (κ1) is 15.7. The van der Waals surface area contributed by atoms with E-state index in [-0.39, 0.29) is 5.69 Å². The summed E-state index contributed by atoms with van der Waals surface area (Å²) in [6.07, 6.45) is 1.53. The number of rotatable bonds is 3. The Morgan fingerprint density at radius 2 is 1.88 bits per heavy atom. The summed E-state index contributed by atoms with van der Waals surface area (Å²) in [5.74, 6) is 0.187. The van der Waals surface area contributed by atoms with Gasteiger partial charge in [0.15, 0.2) is 5.82 Å². The van der Waals surface area contributed by atoms with Crippen molar-refractivity contribution >= 4 is 17.2 Å². The Balaban J connectivity index is 1.68.